The van der Waals surface area contributed by atoms with E-state index in [4.69, 9.17) is 4.74 Å². The number of rotatable bonds is 0. The van der Waals surface area contributed by atoms with Crippen LogP contribution in [0.2, 0.25) is 0 Å². The highest BCUT2D eigenvalue weighted by molar-refractivity contribution is 6.02. The van der Waals surface area contributed by atoms with Gasteiger partial charge in [-0.05, 0) is 24.6 Å². The summed E-state index contributed by atoms with van der Waals surface area (Å²) in [5.74, 6) is 0.580. The van der Waals surface area contributed by atoms with E-state index in [1.165, 1.54) is 0 Å². The molecule has 102 valence electrons. The van der Waals surface area contributed by atoms with Crippen molar-refractivity contribution in [1.29, 1.82) is 0 Å². The number of likely N-dealkylation sites (N-methyl/N-ethyl adjacent to an activating group) is 1. The SMILES string of the molecule is CN1c2ccccc2C(=O)N2C[C@@H]3C[C@H]4C=C[C@@]3(O4)[C@H]21. The van der Waals surface area contributed by atoms with Gasteiger partial charge in [0.25, 0.3) is 5.91 Å². The van der Waals surface area contributed by atoms with Crippen LogP contribution in [0.5, 0.6) is 0 Å². The molecule has 0 unspecified atom stereocenters. The number of fused-ring (bicyclic) bond motifs is 3. The van der Waals surface area contributed by atoms with Crippen LogP contribution in [0.15, 0.2) is 36.4 Å². The van der Waals surface area contributed by atoms with Gasteiger partial charge in [-0.2, -0.15) is 0 Å². The van der Waals surface area contributed by atoms with Crippen LogP contribution in [0.1, 0.15) is 16.8 Å². The first-order chi connectivity index (χ1) is 9.71. The molecule has 4 aliphatic rings. The molecule has 0 aliphatic carbocycles. The van der Waals surface area contributed by atoms with E-state index in [0.717, 1.165) is 24.2 Å². The molecule has 2 bridgehead atoms. The highest BCUT2D eigenvalue weighted by Gasteiger charge is 2.64. The summed E-state index contributed by atoms with van der Waals surface area (Å²) in [6.45, 7) is 0.809. The Labute approximate surface area is 117 Å². The lowest BCUT2D eigenvalue weighted by Gasteiger charge is -2.44. The quantitative estimate of drug-likeness (QED) is 0.670. The predicted molar refractivity (Wildman–Crippen MR) is 74.5 cm³/mol. The normalized spacial score (nSPS) is 40.0. The number of carbonyl (C=O) groups excluding carboxylic acids is 1. The highest BCUT2D eigenvalue weighted by atomic mass is 16.5. The predicted octanol–water partition coefficient (Wildman–Crippen LogP) is 1.63. The van der Waals surface area contributed by atoms with Gasteiger partial charge in [-0.15, -0.1) is 0 Å². The van der Waals surface area contributed by atoms with Gasteiger partial charge in [-0.25, -0.2) is 0 Å². The zero-order chi connectivity index (χ0) is 13.5. The summed E-state index contributed by atoms with van der Waals surface area (Å²) in [6.07, 6.45) is 5.66. The molecule has 0 radical (unpaired) electrons. The number of amides is 1. The van der Waals surface area contributed by atoms with E-state index in [1.54, 1.807) is 0 Å². The van der Waals surface area contributed by atoms with Crippen LogP contribution in [-0.4, -0.2) is 42.3 Å². The van der Waals surface area contributed by atoms with Crippen LogP contribution >= 0.6 is 0 Å². The summed E-state index contributed by atoms with van der Waals surface area (Å²) in [7, 11) is 2.07. The zero-order valence-corrected chi connectivity index (χ0v) is 11.3. The Hall–Kier alpha value is -1.81. The molecular formula is C16H16N2O2. The summed E-state index contributed by atoms with van der Waals surface area (Å²) in [6, 6.07) is 7.87. The molecule has 1 aromatic rings. The molecule has 4 atom stereocenters. The van der Waals surface area contributed by atoms with Crippen molar-refractivity contribution in [1.82, 2.24) is 4.90 Å². The number of ether oxygens (including phenoxy) is 1. The summed E-state index contributed by atoms with van der Waals surface area (Å²) in [4.78, 5) is 17.0. The summed E-state index contributed by atoms with van der Waals surface area (Å²) in [5.41, 5.74) is 1.53. The van der Waals surface area contributed by atoms with E-state index < -0.39 is 0 Å². The fourth-order valence-electron chi connectivity index (χ4n) is 4.53. The topological polar surface area (TPSA) is 32.8 Å². The van der Waals surface area contributed by atoms with Crippen LogP contribution < -0.4 is 4.90 Å². The van der Waals surface area contributed by atoms with Gasteiger partial charge in [-0.3, -0.25) is 4.79 Å². The van der Waals surface area contributed by atoms with Crippen LogP contribution in [0.4, 0.5) is 5.69 Å². The van der Waals surface area contributed by atoms with Gasteiger partial charge in [0.1, 0.15) is 11.8 Å². The number of nitrogens with zero attached hydrogens (tertiary/aromatic N) is 2. The van der Waals surface area contributed by atoms with Crippen LogP contribution in [0.3, 0.4) is 0 Å². The fraction of sp³-hybridized carbons (Fsp3) is 0.438. The maximum atomic E-state index is 12.8. The molecule has 0 aromatic heterocycles. The third kappa shape index (κ3) is 1.03. The van der Waals surface area contributed by atoms with Gasteiger partial charge in [-0.1, -0.05) is 18.2 Å². The van der Waals surface area contributed by atoms with Crippen LogP contribution in [0, 0.1) is 5.92 Å². The Morgan fingerprint density at radius 3 is 3.05 bits per heavy atom. The number of benzene rings is 1. The Bertz CT molecular complexity index is 656. The first-order valence-electron chi connectivity index (χ1n) is 7.21. The number of hydrogen-bond acceptors (Lipinski definition) is 3. The largest absolute Gasteiger partial charge is 0.359 e. The zero-order valence-electron chi connectivity index (χ0n) is 11.3. The molecule has 1 amide bonds. The second-order valence-corrected chi connectivity index (χ2v) is 6.26. The van der Waals surface area contributed by atoms with Crippen molar-refractivity contribution in [3.63, 3.8) is 0 Å². The molecule has 20 heavy (non-hydrogen) atoms. The van der Waals surface area contributed by atoms with Gasteiger partial charge < -0.3 is 14.5 Å². The van der Waals surface area contributed by atoms with Crippen molar-refractivity contribution >= 4 is 11.6 Å². The monoisotopic (exact) mass is 268 g/mol. The molecule has 1 spiro atoms. The molecule has 0 N–H and O–H groups in total. The first kappa shape index (κ1) is 10.9. The van der Waals surface area contributed by atoms with E-state index in [-0.39, 0.29) is 23.8 Å². The minimum Gasteiger partial charge on any atom is -0.359 e. The van der Waals surface area contributed by atoms with E-state index in [1.807, 2.05) is 29.2 Å². The number of carbonyl (C=O) groups is 1. The van der Waals surface area contributed by atoms with E-state index >= 15 is 0 Å². The van der Waals surface area contributed by atoms with Gasteiger partial charge in [0.05, 0.1) is 17.4 Å². The van der Waals surface area contributed by atoms with Crippen LogP contribution in [0.25, 0.3) is 0 Å². The van der Waals surface area contributed by atoms with Crippen molar-refractivity contribution in [3.8, 4) is 0 Å². The maximum Gasteiger partial charge on any atom is 0.257 e. The maximum absolute atomic E-state index is 12.8. The van der Waals surface area contributed by atoms with E-state index in [0.29, 0.717) is 5.92 Å². The second kappa shape index (κ2) is 3.26. The lowest BCUT2D eigenvalue weighted by Crippen LogP contribution is -2.59. The van der Waals surface area contributed by atoms with Crippen molar-refractivity contribution in [3.05, 3.63) is 42.0 Å². The molecule has 0 saturated carbocycles. The third-order valence-electron chi connectivity index (χ3n) is 5.34. The smallest absolute Gasteiger partial charge is 0.257 e. The third-order valence-corrected chi connectivity index (χ3v) is 5.34. The number of para-hydroxylation sites is 1. The van der Waals surface area contributed by atoms with Crippen molar-refractivity contribution in [2.24, 2.45) is 5.92 Å². The van der Waals surface area contributed by atoms with Crippen molar-refractivity contribution in [2.75, 3.05) is 18.5 Å². The molecule has 4 heteroatoms. The van der Waals surface area contributed by atoms with Gasteiger partial charge in [0.15, 0.2) is 0 Å². The van der Waals surface area contributed by atoms with E-state index in [2.05, 4.69) is 24.1 Å². The van der Waals surface area contributed by atoms with Crippen LogP contribution in [-0.2, 0) is 4.74 Å². The van der Waals surface area contributed by atoms with Crippen molar-refractivity contribution in [2.45, 2.75) is 24.3 Å². The number of anilines is 1. The molecule has 5 rings (SSSR count). The Kier molecular flexibility index (Phi) is 1.78. The molecule has 2 saturated heterocycles. The number of hydrogen-bond donors (Lipinski definition) is 0. The summed E-state index contributed by atoms with van der Waals surface area (Å²) >= 11 is 0. The Morgan fingerprint density at radius 1 is 1.35 bits per heavy atom. The summed E-state index contributed by atoms with van der Waals surface area (Å²) in [5, 5.41) is 0. The lowest BCUT2D eigenvalue weighted by molar-refractivity contribution is -0.0102. The Balaban J connectivity index is 1.70. The molecular weight excluding hydrogens is 252 g/mol. The summed E-state index contributed by atoms with van der Waals surface area (Å²) < 4.78 is 6.24. The standard InChI is InChI=1S/C16H16N2O2/c1-17-13-5-3-2-4-12(13)14(19)18-9-10-8-11-6-7-16(10,20-11)15(17)18/h2-7,10-11,15H,8-9H2,1H3/t10-,11+,15-,16-/m0/s1. The lowest BCUT2D eigenvalue weighted by atomic mass is 9.83. The van der Waals surface area contributed by atoms with Gasteiger partial charge in [0.2, 0.25) is 0 Å². The Morgan fingerprint density at radius 2 is 2.20 bits per heavy atom. The van der Waals surface area contributed by atoms with Crippen molar-refractivity contribution < 1.29 is 9.53 Å². The molecule has 4 heterocycles. The average molecular weight is 268 g/mol. The average Bonchev–Trinajstić information content (AvgIpc) is 3.11. The minimum absolute atomic E-state index is 0.00125. The minimum atomic E-state index is -0.289. The second-order valence-electron chi connectivity index (χ2n) is 6.26. The molecule has 2 fully saturated rings. The molecule has 1 aromatic carbocycles. The highest BCUT2D eigenvalue weighted by Crippen LogP contribution is 2.54. The molecule has 4 aliphatic heterocycles. The van der Waals surface area contributed by atoms with E-state index in [9.17, 15) is 4.79 Å². The van der Waals surface area contributed by atoms with Gasteiger partial charge in [0, 0.05) is 19.5 Å². The molecule has 4 nitrogen and oxygen atoms in total. The van der Waals surface area contributed by atoms with Gasteiger partial charge >= 0.3 is 0 Å². The first-order valence-corrected chi connectivity index (χ1v) is 7.21. The fourth-order valence-corrected chi connectivity index (χ4v) is 4.53.